The first kappa shape index (κ1) is 8.74. The van der Waals surface area contributed by atoms with E-state index in [-0.39, 0.29) is 5.56 Å². The minimum atomic E-state index is -0.0181. The molecule has 0 saturated carbocycles. The van der Waals surface area contributed by atoms with Crippen LogP contribution in [-0.4, -0.2) is 14.3 Å². The van der Waals surface area contributed by atoms with E-state index in [0.717, 1.165) is 0 Å². The molecule has 2 aromatic heterocycles. The first-order valence-corrected chi connectivity index (χ1v) is 4.37. The summed E-state index contributed by atoms with van der Waals surface area (Å²) in [6.45, 7) is 4.12. The van der Waals surface area contributed by atoms with Crippen LogP contribution in [0.3, 0.4) is 0 Å². The Kier molecular flexibility index (Phi) is 1.96. The van der Waals surface area contributed by atoms with E-state index in [9.17, 15) is 4.79 Å². The molecule has 0 saturated heterocycles. The molecule has 0 aliphatic rings. The fourth-order valence-electron chi connectivity index (χ4n) is 1.54. The maximum atomic E-state index is 11.8. The van der Waals surface area contributed by atoms with Gasteiger partial charge in [0.1, 0.15) is 0 Å². The van der Waals surface area contributed by atoms with Crippen LogP contribution in [0.25, 0.3) is 11.0 Å². The summed E-state index contributed by atoms with van der Waals surface area (Å²) in [4.78, 5) is 15.9. The first-order valence-electron chi connectivity index (χ1n) is 4.37. The van der Waals surface area contributed by atoms with Crippen LogP contribution >= 0.6 is 0 Å². The number of allylic oxidation sites excluding steroid dienone is 1. The van der Waals surface area contributed by atoms with E-state index in [1.807, 2.05) is 7.05 Å². The highest BCUT2D eigenvalue weighted by atomic mass is 16.1. The lowest BCUT2D eigenvalue weighted by molar-refractivity contribution is 0.554. The number of nitrogens with zero attached hydrogens (tertiary/aromatic N) is 3. The summed E-state index contributed by atoms with van der Waals surface area (Å²) in [7, 11) is 1.82. The lowest BCUT2D eigenvalue weighted by Crippen LogP contribution is -2.20. The van der Waals surface area contributed by atoms with Crippen molar-refractivity contribution in [1.29, 1.82) is 0 Å². The fourth-order valence-corrected chi connectivity index (χ4v) is 1.54. The van der Waals surface area contributed by atoms with Crippen molar-refractivity contribution < 1.29 is 0 Å². The molecule has 0 atom stereocenters. The van der Waals surface area contributed by atoms with E-state index in [2.05, 4.69) is 11.6 Å². The zero-order valence-corrected chi connectivity index (χ0v) is 7.97. The molecule has 0 fully saturated rings. The van der Waals surface area contributed by atoms with Crippen LogP contribution in [-0.2, 0) is 13.6 Å². The van der Waals surface area contributed by atoms with Crippen molar-refractivity contribution in [2.75, 3.05) is 0 Å². The SMILES string of the molecule is C=CCn1c(=O)c2cccnc2n1C. The molecular weight excluding hydrogens is 178 g/mol. The van der Waals surface area contributed by atoms with Gasteiger partial charge in [0, 0.05) is 13.2 Å². The van der Waals surface area contributed by atoms with Crippen LogP contribution < -0.4 is 5.56 Å². The average molecular weight is 189 g/mol. The van der Waals surface area contributed by atoms with E-state index in [1.54, 1.807) is 33.8 Å². The molecule has 2 rings (SSSR count). The van der Waals surface area contributed by atoms with Gasteiger partial charge in [0.15, 0.2) is 5.65 Å². The number of aromatic nitrogens is 3. The van der Waals surface area contributed by atoms with Gasteiger partial charge < -0.3 is 0 Å². The Bertz CT molecular complexity index is 536. The number of fused-ring (bicyclic) bond motifs is 1. The summed E-state index contributed by atoms with van der Waals surface area (Å²) in [6, 6.07) is 3.55. The maximum absolute atomic E-state index is 11.8. The monoisotopic (exact) mass is 189 g/mol. The lowest BCUT2D eigenvalue weighted by atomic mass is 10.3. The van der Waals surface area contributed by atoms with Crippen LogP contribution in [0.2, 0.25) is 0 Å². The normalized spacial score (nSPS) is 10.6. The van der Waals surface area contributed by atoms with Crippen LogP contribution in [0.5, 0.6) is 0 Å². The van der Waals surface area contributed by atoms with Crippen molar-refractivity contribution in [2.45, 2.75) is 6.54 Å². The standard InChI is InChI=1S/C10H11N3O/c1-3-7-13-10(14)8-5-4-6-11-9(8)12(13)2/h3-6H,1,7H2,2H3. The number of hydrogen-bond donors (Lipinski definition) is 0. The largest absolute Gasteiger partial charge is 0.276 e. The van der Waals surface area contributed by atoms with Gasteiger partial charge in [0.05, 0.1) is 11.9 Å². The predicted molar refractivity (Wildman–Crippen MR) is 55.2 cm³/mol. The molecule has 0 aromatic carbocycles. The molecule has 0 N–H and O–H groups in total. The van der Waals surface area contributed by atoms with E-state index < -0.39 is 0 Å². The Morgan fingerprint density at radius 2 is 2.43 bits per heavy atom. The van der Waals surface area contributed by atoms with Gasteiger partial charge in [0.25, 0.3) is 5.56 Å². The molecule has 2 heterocycles. The van der Waals surface area contributed by atoms with Gasteiger partial charge in [0.2, 0.25) is 0 Å². The van der Waals surface area contributed by atoms with Gasteiger partial charge in [-0.1, -0.05) is 6.08 Å². The molecule has 0 aliphatic heterocycles. The quantitative estimate of drug-likeness (QED) is 0.659. The van der Waals surface area contributed by atoms with Gasteiger partial charge in [-0.3, -0.25) is 9.48 Å². The van der Waals surface area contributed by atoms with Gasteiger partial charge in [-0.25, -0.2) is 9.67 Å². The topological polar surface area (TPSA) is 39.8 Å². The summed E-state index contributed by atoms with van der Waals surface area (Å²) in [5.74, 6) is 0. The fraction of sp³-hybridized carbons (Fsp3) is 0.200. The molecule has 72 valence electrons. The number of aryl methyl sites for hydroxylation is 1. The van der Waals surface area contributed by atoms with E-state index in [1.165, 1.54) is 0 Å². The molecule has 2 aromatic rings. The third-order valence-electron chi connectivity index (χ3n) is 2.22. The second kappa shape index (κ2) is 3.14. The Morgan fingerprint density at radius 3 is 3.07 bits per heavy atom. The lowest BCUT2D eigenvalue weighted by Gasteiger charge is -2.02. The first-order chi connectivity index (χ1) is 6.75. The Hall–Kier alpha value is -1.84. The van der Waals surface area contributed by atoms with Crippen molar-refractivity contribution in [3.8, 4) is 0 Å². The summed E-state index contributed by atoms with van der Waals surface area (Å²) in [5, 5.41) is 0.650. The Balaban J connectivity index is 2.85. The highest BCUT2D eigenvalue weighted by Gasteiger charge is 2.08. The average Bonchev–Trinajstić information content (AvgIpc) is 2.45. The Morgan fingerprint density at radius 1 is 1.64 bits per heavy atom. The predicted octanol–water partition coefficient (Wildman–Crippen LogP) is 0.921. The zero-order valence-electron chi connectivity index (χ0n) is 7.97. The minimum absolute atomic E-state index is 0.0181. The number of hydrogen-bond acceptors (Lipinski definition) is 2. The second-order valence-electron chi connectivity index (χ2n) is 3.07. The van der Waals surface area contributed by atoms with E-state index >= 15 is 0 Å². The highest BCUT2D eigenvalue weighted by molar-refractivity contribution is 5.73. The van der Waals surface area contributed by atoms with Crippen molar-refractivity contribution >= 4 is 11.0 Å². The van der Waals surface area contributed by atoms with Crippen molar-refractivity contribution in [3.63, 3.8) is 0 Å². The van der Waals surface area contributed by atoms with Crippen molar-refractivity contribution in [1.82, 2.24) is 14.3 Å². The zero-order chi connectivity index (χ0) is 10.1. The molecule has 0 spiro atoms. The van der Waals surface area contributed by atoms with E-state index in [4.69, 9.17) is 0 Å². The molecule has 4 heteroatoms. The molecule has 14 heavy (non-hydrogen) atoms. The van der Waals surface area contributed by atoms with Crippen LogP contribution in [0, 0.1) is 0 Å². The number of rotatable bonds is 2. The van der Waals surface area contributed by atoms with Gasteiger partial charge in [-0.15, -0.1) is 6.58 Å². The van der Waals surface area contributed by atoms with Crippen LogP contribution in [0.1, 0.15) is 0 Å². The second-order valence-corrected chi connectivity index (χ2v) is 3.07. The molecule has 4 nitrogen and oxygen atoms in total. The molecule has 0 aliphatic carbocycles. The van der Waals surface area contributed by atoms with Crippen molar-refractivity contribution in [3.05, 3.63) is 41.3 Å². The summed E-state index contributed by atoms with van der Waals surface area (Å²) < 4.78 is 3.35. The molecule has 0 radical (unpaired) electrons. The maximum Gasteiger partial charge on any atom is 0.276 e. The van der Waals surface area contributed by atoms with Crippen molar-refractivity contribution in [2.24, 2.45) is 7.05 Å². The van der Waals surface area contributed by atoms with Crippen LogP contribution in [0.15, 0.2) is 35.8 Å². The smallest absolute Gasteiger partial charge is 0.268 e. The molecule has 0 amide bonds. The van der Waals surface area contributed by atoms with Gasteiger partial charge in [-0.05, 0) is 12.1 Å². The third-order valence-corrected chi connectivity index (χ3v) is 2.22. The van der Waals surface area contributed by atoms with Crippen LogP contribution in [0.4, 0.5) is 0 Å². The summed E-state index contributed by atoms with van der Waals surface area (Å²) in [6.07, 6.45) is 3.38. The molecular formula is C10H11N3O. The Labute approximate surface area is 81.1 Å². The van der Waals surface area contributed by atoms with Gasteiger partial charge in [-0.2, -0.15) is 0 Å². The van der Waals surface area contributed by atoms with Gasteiger partial charge >= 0.3 is 0 Å². The molecule has 0 unspecified atom stereocenters. The highest BCUT2D eigenvalue weighted by Crippen LogP contribution is 2.05. The minimum Gasteiger partial charge on any atom is -0.268 e. The summed E-state index contributed by atoms with van der Waals surface area (Å²) >= 11 is 0. The number of pyridine rings is 1. The summed E-state index contributed by atoms with van der Waals surface area (Å²) in [5.41, 5.74) is 0.690. The molecule has 0 bridgehead atoms. The third kappa shape index (κ3) is 1.08. The van der Waals surface area contributed by atoms with E-state index in [0.29, 0.717) is 17.6 Å².